The molecule has 2 aromatic carbocycles. The molecule has 0 radical (unpaired) electrons. The van der Waals surface area contributed by atoms with Gasteiger partial charge in [-0.3, -0.25) is 9.69 Å². The minimum absolute atomic E-state index is 0.0851. The number of piperidine rings is 1. The molecule has 9 nitrogen and oxygen atoms in total. The van der Waals surface area contributed by atoms with Crippen LogP contribution in [0.4, 0.5) is 13.2 Å². The molecule has 1 unspecified atom stereocenters. The molecule has 0 spiro atoms. The summed E-state index contributed by atoms with van der Waals surface area (Å²) in [6.45, 7) is 1.39. The van der Waals surface area contributed by atoms with E-state index in [1.807, 2.05) is 4.90 Å². The number of likely N-dealkylation sites (tertiary alicyclic amines) is 1. The molecule has 2 aromatic heterocycles. The Kier molecular flexibility index (Phi) is 7.00. The van der Waals surface area contributed by atoms with E-state index in [9.17, 15) is 28.2 Å². The number of aliphatic carboxylic acids is 1. The zero-order valence-corrected chi connectivity index (χ0v) is 20.0. The Labute approximate surface area is 215 Å². The number of alkyl halides is 3. The number of halogens is 3. The molecule has 0 saturated carbocycles. The Balaban J connectivity index is 1.34. The predicted molar refractivity (Wildman–Crippen MR) is 129 cm³/mol. The number of carboxylic acids is 1. The molecule has 12 heteroatoms. The number of β-amino-alcohol motifs (C(OH)–C–C–N with tert-alkyl or cyclic N) is 1. The standard InChI is InChI=1S/C26H24F3N5O4/c27-26(28,29)22-20(13-30-34(22)19-6-2-1-3-7-19)24-31-23(32-38-24)17-10-8-16(9-11-17)21(35)15-33-12-4-5-18(14-33)25(36)37/h1-3,6-11,13,18,21,35H,4-5,12,14-15H2,(H,36,37)/t18-,21?/m0/s1. The van der Waals surface area contributed by atoms with Crippen LogP contribution in [-0.4, -0.2) is 60.6 Å². The first kappa shape index (κ1) is 25.6. The van der Waals surface area contributed by atoms with Gasteiger partial charge in [-0.1, -0.05) is 47.6 Å². The van der Waals surface area contributed by atoms with Gasteiger partial charge in [0.1, 0.15) is 0 Å². The maximum absolute atomic E-state index is 14.0. The summed E-state index contributed by atoms with van der Waals surface area (Å²) < 4.78 is 47.9. The third-order valence-corrected chi connectivity index (χ3v) is 6.53. The van der Waals surface area contributed by atoms with Crippen LogP contribution >= 0.6 is 0 Å². The number of benzene rings is 2. The van der Waals surface area contributed by atoms with Crippen LogP contribution in [0.3, 0.4) is 0 Å². The average Bonchev–Trinajstić information content (AvgIpc) is 3.57. The lowest BCUT2D eigenvalue weighted by atomic mass is 9.97. The molecule has 1 saturated heterocycles. The predicted octanol–water partition coefficient (Wildman–Crippen LogP) is 4.44. The smallest absolute Gasteiger partial charge is 0.434 e. The highest BCUT2D eigenvalue weighted by Crippen LogP contribution is 2.38. The van der Waals surface area contributed by atoms with Crippen molar-refractivity contribution in [2.24, 2.45) is 5.92 Å². The molecule has 198 valence electrons. The summed E-state index contributed by atoms with van der Waals surface area (Å²) in [5.74, 6) is -1.51. The van der Waals surface area contributed by atoms with Crippen LogP contribution in [0, 0.1) is 5.92 Å². The summed E-state index contributed by atoms with van der Waals surface area (Å²) in [4.78, 5) is 17.4. The number of hydrogen-bond acceptors (Lipinski definition) is 7. The third-order valence-electron chi connectivity index (χ3n) is 6.53. The van der Waals surface area contributed by atoms with E-state index in [-0.39, 0.29) is 23.0 Å². The zero-order valence-electron chi connectivity index (χ0n) is 20.0. The van der Waals surface area contributed by atoms with E-state index in [1.165, 1.54) is 12.1 Å². The number of aliphatic hydroxyl groups excluding tert-OH is 1. The van der Waals surface area contributed by atoms with Crippen LogP contribution in [-0.2, 0) is 11.0 Å². The molecule has 1 aliphatic rings. The first-order valence-electron chi connectivity index (χ1n) is 12.0. The fourth-order valence-corrected chi connectivity index (χ4v) is 4.62. The normalized spacial score (nSPS) is 17.4. The molecule has 2 N–H and O–H groups in total. The summed E-state index contributed by atoms with van der Waals surface area (Å²) in [6.07, 6.45) is -3.14. The van der Waals surface area contributed by atoms with Gasteiger partial charge in [0.15, 0.2) is 5.69 Å². The zero-order chi connectivity index (χ0) is 26.9. The van der Waals surface area contributed by atoms with Crippen LogP contribution in [0.5, 0.6) is 0 Å². The highest BCUT2D eigenvalue weighted by atomic mass is 19.4. The Bertz CT molecular complexity index is 1400. The van der Waals surface area contributed by atoms with E-state index < -0.39 is 29.9 Å². The van der Waals surface area contributed by atoms with Gasteiger partial charge in [0.05, 0.1) is 29.5 Å². The van der Waals surface area contributed by atoms with Gasteiger partial charge in [-0.25, -0.2) is 4.68 Å². The lowest BCUT2D eigenvalue weighted by Crippen LogP contribution is -2.40. The number of hydrogen-bond donors (Lipinski definition) is 2. The van der Waals surface area contributed by atoms with E-state index in [0.29, 0.717) is 37.2 Å². The molecule has 1 aliphatic heterocycles. The highest BCUT2D eigenvalue weighted by Gasteiger charge is 2.40. The molecule has 4 aromatic rings. The number of nitrogens with zero attached hydrogens (tertiary/aromatic N) is 5. The molecule has 3 heterocycles. The largest absolute Gasteiger partial charge is 0.481 e. The first-order chi connectivity index (χ1) is 18.2. The first-order valence-corrected chi connectivity index (χ1v) is 12.0. The highest BCUT2D eigenvalue weighted by molar-refractivity contribution is 5.70. The van der Waals surface area contributed by atoms with E-state index in [1.54, 1.807) is 42.5 Å². The minimum atomic E-state index is -4.73. The maximum Gasteiger partial charge on any atom is 0.434 e. The van der Waals surface area contributed by atoms with Crippen LogP contribution < -0.4 is 0 Å². The third kappa shape index (κ3) is 5.31. The van der Waals surface area contributed by atoms with Crippen molar-refractivity contribution in [3.05, 3.63) is 72.1 Å². The van der Waals surface area contributed by atoms with Crippen molar-refractivity contribution in [1.82, 2.24) is 24.8 Å². The quantitative estimate of drug-likeness (QED) is 0.362. The lowest BCUT2D eigenvalue weighted by Gasteiger charge is -2.32. The van der Waals surface area contributed by atoms with Gasteiger partial charge in [0, 0.05) is 18.7 Å². The maximum atomic E-state index is 14.0. The van der Waals surface area contributed by atoms with Crippen LogP contribution in [0.25, 0.3) is 28.5 Å². The summed E-state index contributed by atoms with van der Waals surface area (Å²) in [7, 11) is 0. The van der Waals surface area contributed by atoms with Crippen molar-refractivity contribution in [2.45, 2.75) is 25.1 Å². The van der Waals surface area contributed by atoms with Gasteiger partial charge in [0.2, 0.25) is 5.82 Å². The second kappa shape index (κ2) is 10.4. The molecular weight excluding hydrogens is 503 g/mol. The van der Waals surface area contributed by atoms with Gasteiger partial charge >= 0.3 is 12.1 Å². The molecular formula is C26H24F3N5O4. The number of aliphatic hydroxyl groups is 1. The van der Waals surface area contributed by atoms with Crippen molar-refractivity contribution in [3.8, 4) is 28.5 Å². The topological polar surface area (TPSA) is 118 Å². The fraction of sp³-hybridized carbons (Fsp3) is 0.308. The summed E-state index contributed by atoms with van der Waals surface area (Å²) in [5, 5.41) is 27.7. The Morgan fingerprint density at radius 3 is 2.55 bits per heavy atom. The molecule has 0 aliphatic carbocycles. The average molecular weight is 528 g/mol. The lowest BCUT2D eigenvalue weighted by molar-refractivity contribution is -0.144. The van der Waals surface area contributed by atoms with Gasteiger partial charge < -0.3 is 14.7 Å². The van der Waals surface area contributed by atoms with Crippen molar-refractivity contribution >= 4 is 5.97 Å². The van der Waals surface area contributed by atoms with Crippen molar-refractivity contribution in [3.63, 3.8) is 0 Å². The summed E-state index contributed by atoms with van der Waals surface area (Å²) in [6, 6.07) is 14.6. The fourth-order valence-electron chi connectivity index (χ4n) is 4.62. The van der Waals surface area contributed by atoms with Gasteiger partial charge in [-0.15, -0.1) is 0 Å². The SMILES string of the molecule is O=C(O)[C@H]1CCCN(CC(O)c2ccc(-c3noc(-c4cnn(-c5ccccc5)c4C(F)(F)F)n3)cc2)C1. The summed E-state index contributed by atoms with van der Waals surface area (Å²) in [5.41, 5.74) is -0.0288. The second-order valence-corrected chi connectivity index (χ2v) is 9.15. The Morgan fingerprint density at radius 1 is 1.13 bits per heavy atom. The molecule has 1 fully saturated rings. The van der Waals surface area contributed by atoms with Crippen LogP contribution in [0.2, 0.25) is 0 Å². The molecule has 2 atom stereocenters. The Hall–Kier alpha value is -4.03. The van der Waals surface area contributed by atoms with Gasteiger partial charge in [0.25, 0.3) is 5.89 Å². The van der Waals surface area contributed by atoms with E-state index in [2.05, 4.69) is 15.2 Å². The molecule has 38 heavy (non-hydrogen) atoms. The van der Waals surface area contributed by atoms with Crippen LogP contribution in [0.15, 0.2) is 65.3 Å². The number of carbonyl (C=O) groups is 1. The van der Waals surface area contributed by atoms with Gasteiger partial charge in [-0.05, 0) is 37.1 Å². The van der Waals surface area contributed by atoms with Crippen molar-refractivity contribution in [2.75, 3.05) is 19.6 Å². The van der Waals surface area contributed by atoms with E-state index in [4.69, 9.17) is 4.52 Å². The summed E-state index contributed by atoms with van der Waals surface area (Å²) >= 11 is 0. The molecule has 5 rings (SSSR count). The van der Waals surface area contributed by atoms with Gasteiger partial charge in [-0.2, -0.15) is 23.3 Å². The molecule has 0 amide bonds. The monoisotopic (exact) mass is 527 g/mol. The molecule has 0 bridgehead atoms. The second-order valence-electron chi connectivity index (χ2n) is 9.15. The van der Waals surface area contributed by atoms with Crippen LogP contribution in [0.1, 0.15) is 30.2 Å². The minimum Gasteiger partial charge on any atom is -0.481 e. The number of rotatable bonds is 7. The van der Waals surface area contributed by atoms with Crippen molar-refractivity contribution in [1.29, 1.82) is 0 Å². The van der Waals surface area contributed by atoms with E-state index >= 15 is 0 Å². The number of para-hydroxylation sites is 1. The van der Waals surface area contributed by atoms with Crippen molar-refractivity contribution < 1.29 is 32.7 Å². The number of carboxylic acid groups (broad SMARTS) is 1. The van der Waals surface area contributed by atoms with E-state index in [0.717, 1.165) is 17.3 Å². The Morgan fingerprint density at radius 2 is 1.87 bits per heavy atom. The number of aromatic nitrogens is 4.